The first kappa shape index (κ1) is 25.8. The van der Waals surface area contributed by atoms with Crippen LogP contribution in [-0.2, 0) is 32.0 Å². The third kappa shape index (κ3) is 6.64. The molecule has 1 aliphatic rings. The summed E-state index contributed by atoms with van der Waals surface area (Å²) in [5, 5.41) is 24.4. The molecule has 3 amide bonds. The molecule has 0 bridgehead atoms. The Hall–Kier alpha value is -3.78. The summed E-state index contributed by atoms with van der Waals surface area (Å²) in [6.45, 7) is 1.68. The van der Waals surface area contributed by atoms with E-state index in [1.165, 1.54) is 36.9 Å². The second kappa shape index (κ2) is 11.6. The Balaban J connectivity index is 1.73. The van der Waals surface area contributed by atoms with Crippen molar-refractivity contribution in [3.63, 3.8) is 0 Å². The molecule has 8 N–H and O–H groups in total. The molecule has 0 aliphatic carbocycles. The van der Waals surface area contributed by atoms with Gasteiger partial charge < -0.3 is 41.4 Å². The van der Waals surface area contributed by atoms with Gasteiger partial charge in [-0.3, -0.25) is 14.4 Å². The van der Waals surface area contributed by atoms with Crippen molar-refractivity contribution in [2.45, 2.75) is 62.9 Å². The minimum atomic E-state index is -1.27. The summed E-state index contributed by atoms with van der Waals surface area (Å²) in [5.74, 6) is -3.10. The fourth-order valence-corrected chi connectivity index (χ4v) is 3.88. The molecule has 190 valence electrons. The Morgan fingerprint density at radius 3 is 2.23 bits per heavy atom. The quantitative estimate of drug-likeness (QED) is 0.179. The number of amides is 3. The number of carbonyl (C=O) groups excluding carboxylic acids is 3. The SMILES string of the molecule is CC(O)C(N)C(=O)N1CCCC1C(=O)NC(Cc1cnc[nH]1)C(=O)NC(Cc1cnc[nH]1)C(=O)O. The van der Waals surface area contributed by atoms with Gasteiger partial charge in [-0.2, -0.15) is 0 Å². The number of hydrogen-bond acceptors (Lipinski definition) is 8. The van der Waals surface area contributed by atoms with Gasteiger partial charge in [0.05, 0.1) is 18.8 Å². The van der Waals surface area contributed by atoms with Gasteiger partial charge >= 0.3 is 5.97 Å². The maximum atomic E-state index is 13.1. The molecule has 3 rings (SSSR count). The number of aromatic amines is 2. The Bertz CT molecular complexity index is 1010. The number of rotatable bonds is 11. The van der Waals surface area contributed by atoms with Crippen LogP contribution in [0.2, 0.25) is 0 Å². The molecule has 5 unspecified atom stereocenters. The molecule has 1 aliphatic heterocycles. The summed E-state index contributed by atoms with van der Waals surface area (Å²) >= 11 is 0. The molecule has 2 aromatic heterocycles. The van der Waals surface area contributed by atoms with Gasteiger partial charge in [0.15, 0.2) is 0 Å². The number of carbonyl (C=O) groups is 4. The highest BCUT2D eigenvalue weighted by Crippen LogP contribution is 2.19. The molecule has 5 atom stereocenters. The molecule has 14 nitrogen and oxygen atoms in total. The molecule has 35 heavy (non-hydrogen) atoms. The number of hydrogen-bond donors (Lipinski definition) is 7. The van der Waals surface area contributed by atoms with E-state index >= 15 is 0 Å². The van der Waals surface area contributed by atoms with Crippen LogP contribution in [0.3, 0.4) is 0 Å². The van der Waals surface area contributed by atoms with Crippen molar-refractivity contribution in [2.24, 2.45) is 5.73 Å². The summed E-state index contributed by atoms with van der Waals surface area (Å²) in [5.41, 5.74) is 6.83. The number of likely N-dealkylation sites (tertiary alicyclic amines) is 1. The second-order valence-corrected chi connectivity index (χ2v) is 8.48. The number of H-pyrrole nitrogens is 2. The van der Waals surface area contributed by atoms with Gasteiger partial charge in [0.25, 0.3) is 0 Å². The summed E-state index contributed by atoms with van der Waals surface area (Å²) < 4.78 is 0. The number of carboxylic acids is 1. The van der Waals surface area contributed by atoms with Crippen LogP contribution in [0.1, 0.15) is 31.2 Å². The number of nitrogens with two attached hydrogens (primary N) is 1. The first-order chi connectivity index (χ1) is 16.7. The highest BCUT2D eigenvalue weighted by atomic mass is 16.4. The molecule has 1 saturated heterocycles. The topological polar surface area (TPSA) is 219 Å². The Kier molecular flexibility index (Phi) is 8.54. The monoisotopic (exact) mass is 490 g/mol. The lowest BCUT2D eigenvalue weighted by Crippen LogP contribution is -2.58. The number of nitrogens with zero attached hydrogens (tertiary/aromatic N) is 3. The van der Waals surface area contributed by atoms with Crippen LogP contribution in [0.5, 0.6) is 0 Å². The van der Waals surface area contributed by atoms with Crippen LogP contribution >= 0.6 is 0 Å². The smallest absolute Gasteiger partial charge is 0.326 e. The first-order valence-electron chi connectivity index (χ1n) is 11.2. The third-order valence-electron chi connectivity index (χ3n) is 5.85. The molecule has 0 radical (unpaired) electrons. The van der Waals surface area contributed by atoms with Crippen LogP contribution in [0.4, 0.5) is 0 Å². The lowest BCUT2D eigenvalue weighted by Gasteiger charge is -2.29. The molecule has 3 heterocycles. The molecule has 1 fully saturated rings. The molecule has 0 spiro atoms. The maximum Gasteiger partial charge on any atom is 0.326 e. The summed E-state index contributed by atoms with van der Waals surface area (Å²) in [6.07, 6.45) is 5.56. The minimum Gasteiger partial charge on any atom is -0.480 e. The molecule has 0 saturated carbocycles. The fraction of sp³-hybridized carbons (Fsp3) is 0.524. The van der Waals surface area contributed by atoms with E-state index < -0.39 is 54.0 Å². The Morgan fingerprint density at radius 2 is 1.71 bits per heavy atom. The number of nitrogens with one attached hydrogen (secondary N) is 4. The zero-order chi connectivity index (χ0) is 25.5. The number of aliphatic hydroxyl groups is 1. The number of aliphatic carboxylic acids is 1. The number of aliphatic hydroxyl groups excluding tert-OH is 1. The van der Waals surface area contributed by atoms with Crippen molar-refractivity contribution in [2.75, 3.05) is 6.54 Å². The largest absolute Gasteiger partial charge is 0.480 e. The molecular weight excluding hydrogens is 460 g/mol. The Labute approximate surface area is 200 Å². The predicted molar refractivity (Wildman–Crippen MR) is 120 cm³/mol. The number of carboxylic acid groups (broad SMARTS) is 1. The highest BCUT2D eigenvalue weighted by Gasteiger charge is 2.39. The van der Waals surface area contributed by atoms with E-state index in [-0.39, 0.29) is 12.8 Å². The first-order valence-corrected chi connectivity index (χ1v) is 11.2. The van der Waals surface area contributed by atoms with Crippen LogP contribution in [0.25, 0.3) is 0 Å². The molecule has 0 aromatic carbocycles. The van der Waals surface area contributed by atoms with E-state index in [2.05, 4.69) is 30.6 Å². The van der Waals surface area contributed by atoms with Gasteiger partial charge in [0.2, 0.25) is 17.7 Å². The summed E-state index contributed by atoms with van der Waals surface area (Å²) in [6, 6.07) is -4.46. The van der Waals surface area contributed by atoms with E-state index in [9.17, 15) is 29.4 Å². The van der Waals surface area contributed by atoms with Crippen molar-refractivity contribution in [1.29, 1.82) is 0 Å². The minimum absolute atomic E-state index is 0.0157. The molecule has 2 aromatic rings. The zero-order valence-electron chi connectivity index (χ0n) is 19.2. The van der Waals surface area contributed by atoms with E-state index in [1.807, 2.05) is 0 Å². The average molecular weight is 491 g/mol. The van der Waals surface area contributed by atoms with E-state index in [0.717, 1.165) is 0 Å². The Morgan fingerprint density at radius 1 is 1.11 bits per heavy atom. The van der Waals surface area contributed by atoms with Gasteiger partial charge in [-0.25, -0.2) is 14.8 Å². The number of aromatic nitrogens is 4. The van der Waals surface area contributed by atoms with Crippen LogP contribution < -0.4 is 16.4 Å². The van der Waals surface area contributed by atoms with Gasteiger partial charge in [0, 0.05) is 43.2 Å². The summed E-state index contributed by atoms with van der Waals surface area (Å²) in [4.78, 5) is 65.3. The van der Waals surface area contributed by atoms with Crippen molar-refractivity contribution in [3.8, 4) is 0 Å². The fourth-order valence-electron chi connectivity index (χ4n) is 3.88. The number of imidazole rings is 2. The van der Waals surface area contributed by atoms with Crippen LogP contribution in [0.15, 0.2) is 25.0 Å². The molecular formula is C21H30N8O6. The normalized spacial score (nSPS) is 18.9. The standard InChI is InChI=1S/C21H30N8O6/c1-11(30)17(22)20(33)29-4-2-3-16(29)19(32)27-14(5-12-7-23-9-25-12)18(31)28-15(21(34)35)6-13-8-24-10-26-13/h7-11,14-17,30H,2-6,22H2,1H3,(H,23,25)(H,24,26)(H,27,32)(H,28,31)(H,34,35). The lowest BCUT2D eigenvalue weighted by molar-refractivity contribution is -0.143. The van der Waals surface area contributed by atoms with E-state index in [1.54, 1.807) is 0 Å². The van der Waals surface area contributed by atoms with E-state index in [0.29, 0.717) is 30.8 Å². The highest BCUT2D eigenvalue weighted by molar-refractivity contribution is 5.94. The second-order valence-electron chi connectivity index (χ2n) is 8.48. The van der Waals surface area contributed by atoms with Crippen LogP contribution in [0, 0.1) is 0 Å². The van der Waals surface area contributed by atoms with Gasteiger partial charge in [-0.15, -0.1) is 0 Å². The van der Waals surface area contributed by atoms with E-state index in [4.69, 9.17) is 5.73 Å². The van der Waals surface area contributed by atoms with Crippen LogP contribution in [-0.4, -0.2) is 95.6 Å². The predicted octanol–water partition coefficient (Wildman–Crippen LogP) is -2.33. The van der Waals surface area contributed by atoms with Gasteiger partial charge in [-0.1, -0.05) is 0 Å². The maximum absolute atomic E-state index is 13.1. The third-order valence-corrected chi connectivity index (χ3v) is 5.85. The molecule has 14 heteroatoms. The lowest BCUT2D eigenvalue weighted by atomic mass is 10.1. The van der Waals surface area contributed by atoms with Crippen molar-refractivity contribution in [3.05, 3.63) is 36.4 Å². The van der Waals surface area contributed by atoms with Crippen molar-refractivity contribution in [1.82, 2.24) is 35.5 Å². The average Bonchev–Trinajstić information content (AvgIpc) is 3.59. The zero-order valence-corrected chi connectivity index (χ0v) is 19.2. The van der Waals surface area contributed by atoms with Crippen molar-refractivity contribution >= 4 is 23.7 Å². The van der Waals surface area contributed by atoms with Gasteiger partial charge in [-0.05, 0) is 19.8 Å². The van der Waals surface area contributed by atoms with Gasteiger partial charge in [0.1, 0.15) is 24.2 Å². The summed E-state index contributed by atoms with van der Waals surface area (Å²) in [7, 11) is 0. The van der Waals surface area contributed by atoms with Crippen molar-refractivity contribution < 1.29 is 29.4 Å².